The van der Waals surface area contributed by atoms with Crippen molar-refractivity contribution in [2.24, 2.45) is 18.9 Å². The van der Waals surface area contributed by atoms with Crippen molar-refractivity contribution < 1.29 is 43.5 Å². The quantitative estimate of drug-likeness (QED) is 0.342. The first-order valence-electron chi connectivity index (χ1n) is 12.8. The Balaban J connectivity index is 1.30. The van der Waals surface area contributed by atoms with Crippen molar-refractivity contribution in [3.8, 4) is 0 Å². The van der Waals surface area contributed by atoms with Gasteiger partial charge in [0.15, 0.2) is 6.29 Å². The highest BCUT2D eigenvalue weighted by atomic mass is 19.3. The van der Waals surface area contributed by atoms with Crippen LogP contribution in [0.15, 0.2) is 24.4 Å². The first-order chi connectivity index (χ1) is 18.1. The number of nitrogens with zero attached hydrogens (tertiary/aromatic N) is 2. The molecule has 0 radical (unpaired) electrons. The molecule has 5 N–H and O–H groups in total. The van der Waals surface area contributed by atoms with Crippen LogP contribution < -0.4 is 5.32 Å². The summed E-state index contributed by atoms with van der Waals surface area (Å²) in [5.74, 6) is -0.138. The molecule has 5 rings (SSSR count). The van der Waals surface area contributed by atoms with Crippen LogP contribution in [0.4, 0.5) is 14.5 Å². The van der Waals surface area contributed by atoms with E-state index in [9.17, 15) is 34.0 Å². The van der Waals surface area contributed by atoms with Crippen molar-refractivity contribution in [1.29, 1.82) is 0 Å². The molecular formula is C26H33F2N3O7. The molecule has 1 saturated carbocycles. The predicted molar refractivity (Wildman–Crippen MR) is 130 cm³/mol. The molecule has 1 aromatic carbocycles. The molecule has 0 spiro atoms. The van der Waals surface area contributed by atoms with E-state index in [1.807, 2.05) is 19.1 Å². The molecule has 2 fully saturated rings. The number of ether oxygens (including phenoxy) is 2. The van der Waals surface area contributed by atoms with Crippen LogP contribution in [0, 0.1) is 11.8 Å². The molecule has 1 amide bonds. The van der Waals surface area contributed by atoms with Gasteiger partial charge in [0.05, 0.1) is 18.8 Å². The molecular weight excluding hydrogens is 504 g/mol. The average molecular weight is 538 g/mol. The van der Waals surface area contributed by atoms with Gasteiger partial charge in [0.25, 0.3) is 12.3 Å². The van der Waals surface area contributed by atoms with Crippen LogP contribution in [-0.2, 0) is 16.5 Å². The molecule has 1 aliphatic heterocycles. The van der Waals surface area contributed by atoms with Crippen LogP contribution in [0.25, 0.3) is 0 Å². The minimum atomic E-state index is -2.87. The number of aliphatic hydroxyl groups excluding tert-OH is 4. The van der Waals surface area contributed by atoms with Gasteiger partial charge < -0.3 is 35.2 Å². The number of fused-ring (bicyclic) bond motifs is 5. The second-order valence-electron chi connectivity index (χ2n) is 10.5. The maximum absolute atomic E-state index is 13.4. The summed E-state index contributed by atoms with van der Waals surface area (Å²) in [6.07, 6.45) is -6.41. The standard InChI is InChI=1S/C26H33F2N3O7/c1-11(10-37-26-23(35)22(34)21(33)17(9-32)38-26)18-13-6-7-14(18)19-12(13)4-3-5-16(19)29-25(36)15-8-31(2)30-20(15)24(27)28/h3-5,8,11,13-14,17-18,21-24,26,32-35H,6-7,9-10H2,1-2H3,(H,29,36)/t11?,13?,14?,17-,18?,21-,22+,23-,26-/m1/s1. The highest BCUT2D eigenvalue weighted by Crippen LogP contribution is 2.61. The summed E-state index contributed by atoms with van der Waals surface area (Å²) >= 11 is 0. The maximum Gasteiger partial charge on any atom is 0.282 e. The number of hydrogen-bond acceptors (Lipinski definition) is 8. The Morgan fingerprint density at radius 3 is 2.66 bits per heavy atom. The number of anilines is 1. The zero-order valence-corrected chi connectivity index (χ0v) is 21.1. The summed E-state index contributed by atoms with van der Waals surface area (Å²) in [7, 11) is 1.49. The Morgan fingerprint density at radius 2 is 1.95 bits per heavy atom. The lowest BCUT2D eigenvalue weighted by Crippen LogP contribution is -2.59. The van der Waals surface area contributed by atoms with Crippen molar-refractivity contribution in [3.63, 3.8) is 0 Å². The highest BCUT2D eigenvalue weighted by Gasteiger charge is 2.50. The Bertz CT molecular complexity index is 1180. The van der Waals surface area contributed by atoms with E-state index in [1.165, 1.54) is 17.9 Å². The summed E-state index contributed by atoms with van der Waals surface area (Å²) in [6, 6.07) is 5.66. The summed E-state index contributed by atoms with van der Waals surface area (Å²) in [6.45, 7) is 1.69. The van der Waals surface area contributed by atoms with E-state index in [-0.39, 0.29) is 35.8 Å². The number of aromatic nitrogens is 2. The van der Waals surface area contributed by atoms with Crippen molar-refractivity contribution in [3.05, 3.63) is 46.8 Å². The molecule has 2 aromatic rings. The SMILES string of the molecule is CC(CO[C@@H]1O[C@H](CO)[C@@H](O)[C@H](O)[C@H]1O)C1C2CCC1c1c(NC(=O)c3cn(C)nc3C(F)F)cccc12. The minimum absolute atomic E-state index is 0.000388. The van der Waals surface area contributed by atoms with E-state index in [4.69, 9.17) is 9.47 Å². The van der Waals surface area contributed by atoms with Gasteiger partial charge in [0.2, 0.25) is 0 Å². The van der Waals surface area contributed by atoms with Gasteiger partial charge in [-0.1, -0.05) is 19.1 Å². The van der Waals surface area contributed by atoms with Gasteiger partial charge in [-0.2, -0.15) is 5.10 Å². The first kappa shape index (κ1) is 27.1. The fourth-order valence-electron chi connectivity index (χ4n) is 6.54. The normalized spacial score (nSPS) is 33.0. The summed E-state index contributed by atoms with van der Waals surface area (Å²) in [5.41, 5.74) is 1.99. The van der Waals surface area contributed by atoms with Gasteiger partial charge in [-0.15, -0.1) is 0 Å². The lowest BCUT2D eigenvalue weighted by Gasteiger charge is -2.40. The van der Waals surface area contributed by atoms with E-state index >= 15 is 0 Å². The maximum atomic E-state index is 13.4. The number of carbonyl (C=O) groups excluding carboxylic acids is 1. The number of carbonyl (C=O) groups is 1. The molecule has 38 heavy (non-hydrogen) atoms. The number of aliphatic hydroxyl groups is 4. The summed E-state index contributed by atoms with van der Waals surface area (Å²) in [4.78, 5) is 13.0. The molecule has 2 bridgehead atoms. The van der Waals surface area contributed by atoms with Crippen LogP contribution in [0.3, 0.4) is 0 Å². The van der Waals surface area contributed by atoms with Crippen molar-refractivity contribution in [2.45, 2.75) is 68.7 Å². The zero-order chi connectivity index (χ0) is 27.3. The summed E-state index contributed by atoms with van der Waals surface area (Å²) in [5, 5.41) is 46.3. The van der Waals surface area contributed by atoms with E-state index in [0.29, 0.717) is 5.69 Å². The number of hydrogen-bond donors (Lipinski definition) is 5. The van der Waals surface area contributed by atoms with E-state index < -0.39 is 55.3 Å². The second-order valence-corrected chi connectivity index (χ2v) is 10.5. The Kier molecular flexibility index (Phi) is 7.55. The third kappa shape index (κ3) is 4.63. The zero-order valence-electron chi connectivity index (χ0n) is 21.1. The molecule has 208 valence electrons. The van der Waals surface area contributed by atoms with Crippen LogP contribution in [0.1, 0.15) is 65.2 Å². The Morgan fingerprint density at radius 1 is 1.21 bits per heavy atom. The Hall–Kier alpha value is -2.48. The lowest BCUT2D eigenvalue weighted by atomic mass is 9.84. The number of amides is 1. The van der Waals surface area contributed by atoms with Gasteiger partial charge in [0, 0.05) is 18.9 Å². The van der Waals surface area contributed by atoms with Crippen molar-refractivity contribution in [2.75, 3.05) is 18.5 Å². The molecule has 10 nitrogen and oxygen atoms in total. The van der Waals surface area contributed by atoms with E-state index in [2.05, 4.69) is 10.4 Å². The molecule has 2 heterocycles. The number of halogens is 2. The minimum Gasteiger partial charge on any atom is -0.394 e. The van der Waals surface area contributed by atoms with E-state index in [1.54, 1.807) is 6.07 Å². The number of benzene rings is 1. The lowest BCUT2D eigenvalue weighted by molar-refractivity contribution is -0.303. The van der Waals surface area contributed by atoms with Gasteiger partial charge >= 0.3 is 0 Å². The molecule has 9 atom stereocenters. The first-order valence-corrected chi connectivity index (χ1v) is 12.8. The van der Waals surface area contributed by atoms with E-state index in [0.717, 1.165) is 24.0 Å². The van der Waals surface area contributed by atoms with Gasteiger partial charge in [-0.25, -0.2) is 8.78 Å². The largest absolute Gasteiger partial charge is 0.394 e. The molecule has 2 aliphatic carbocycles. The third-order valence-corrected chi connectivity index (χ3v) is 8.21. The smallest absolute Gasteiger partial charge is 0.282 e. The van der Waals surface area contributed by atoms with Gasteiger partial charge in [0.1, 0.15) is 30.1 Å². The fourth-order valence-corrected chi connectivity index (χ4v) is 6.54. The topological polar surface area (TPSA) is 146 Å². The number of nitrogens with one attached hydrogen (secondary N) is 1. The number of rotatable bonds is 8. The van der Waals surface area contributed by atoms with Crippen molar-refractivity contribution >= 4 is 11.6 Å². The third-order valence-electron chi connectivity index (χ3n) is 8.21. The van der Waals surface area contributed by atoms with Crippen LogP contribution in [-0.4, -0.2) is 80.0 Å². The van der Waals surface area contributed by atoms with Crippen molar-refractivity contribution in [1.82, 2.24) is 9.78 Å². The number of aryl methyl sites for hydroxylation is 1. The average Bonchev–Trinajstić information content (AvgIpc) is 3.59. The second kappa shape index (κ2) is 10.6. The summed E-state index contributed by atoms with van der Waals surface area (Å²) < 4.78 is 39.3. The van der Waals surface area contributed by atoms with Crippen LogP contribution in [0.5, 0.6) is 0 Å². The molecule has 3 aliphatic rings. The van der Waals surface area contributed by atoms with Crippen LogP contribution in [0.2, 0.25) is 0 Å². The van der Waals surface area contributed by atoms with Gasteiger partial charge in [-0.05, 0) is 53.7 Å². The fraction of sp³-hybridized carbons (Fsp3) is 0.615. The molecule has 1 aromatic heterocycles. The molecule has 4 unspecified atom stereocenters. The monoisotopic (exact) mass is 537 g/mol. The number of alkyl halides is 2. The molecule has 1 saturated heterocycles. The highest BCUT2D eigenvalue weighted by molar-refractivity contribution is 6.05. The predicted octanol–water partition coefficient (Wildman–Crippen LogP) is 1.65. The molecule has 12 heteroatoms. The van der Waals surface area contributed by atoms with Gasteiger partial charge in [-0.3, -0.25) is 9.48 Å². The van der Waals surface area contributed by atoms with Crippen LogP contribution >= 0.6 is 0 Å². The Labute approximate surface area is 218 Å².